The lowest BCUT2D eigenvalue weighted by molar-refractivity contribution is -0.127. The molecule has 1 N–H and O–H groups in total. The quantitative estimate of drug-likeness (QED) is 0.222. The molecule has 13 heteroatoms. The molecule has 0 aliphatic carbocycles. The van der Waals surface area contributed by atoms with Crippen molar-refractivity contribution >= 4 is 34.4 Å². The number of phenolic OH excluding ortho intramolecular Hbond substituents is 1. The van der Waals surface area contributed by atoms with Gasteiger partial charge in [0.1, 0.15) is 17.4 Å². The number of fused-ring (bicyclic) bond motifs is 2. The van der Waals surface area contributed by atoms with Crippen LogP contribution in [0.15, 0.2) is 46.7 Å². The van der Waals surface area contributed by atoms with Gasteiger partial charge in [-0.15, -0.1) is 11.8 Å². The van der Waals surface area contributed by atoms with Crippen LogP contribution in [0.2, 0.25) is 0 Å². The van der Waals surface area contributed by atoms with E-state index in [9.17, 15) is 19.1 Å². The highest BCUT2D eigenvalue weighted by Crippen LogP contribution is 2.48. The monoisotopic (exact) mass is 639 g/mol. The molecule has 2 atom stereocenters. The fourth-order valence-electron chi connectivity index (χ4n) is 6.36. The summed E-state index contributed by atoms with van der Waals surface area (Å²) in [5, 5.41) is 10.6. The number of piperazine rings is 1. The second-order valence-corrected chi connectivity index (χ2v) is 12.6. The van der Waals surface area contributed by atoms with Crippen molar-refractivity contribution in [3.05, 3.63) is 82.1 Å². The van der Waals surface area contributed by atoms with Crippen LogP contribution in [0.4, 0.5) is 23.4 Å². The van der Waals surface area contributed by atoms with Gasteiger partial charge in [-0.2, -0.15) is 4.98 Å². The average molecular weight is 640 g/mol. The molecule has 2 unspecified atom stereocenters. The number of nitrogens with zero attached hydrogens (tertiary/aromatic N) is 5. The second-order valence-electron chi connectivity index (χ2n) is 11.5. The number of anilines is 1. The second kappa shape index (κ2) is 11.2. The summed E-state index contributed by atoms with van der Waals surface area (Å²) in [6.45, 7) is 11.2. The van der Waals surface area contributed by atoms with Crippen LogP contribution < -0.4 is 10.6 Å². The number of carbonyl (C=O) groups is 1. The third-order valence-electron chi connectivity index (χ3n) is 8.33. The fourth-order valence-corrected chi connectivity index (χ4v) is 7.55. The van der Waals surface area contributed by atoms with Crippen molar-refractivity contribution < 1.29 is 27.5 Å². The van der Waals surface area contributed by atoms with Gasteiger partial charge in [0, 0.05) is 31.1 Å². The summed E-state index contributed by atoms with van der Waals surface area (Å²) in [5.74, 6) is -6.92. The Kier molecular flexibility index (Phi) is 7.62. The third-order valence-corrected chi connectivity index (χ3v) is 9.56. The van der Waals surface area contributed by atoms with Crippen LogP contribution in [0.3, 0.4) is 0 Å². The summed E-state index contributed by atoms with van der Waals surface area (Å²) in [6.07, 6.45) is 2.75. The van der Waals surface area contributed by atoms with E-state index in [-0.39, 0.29) is 52.5 Å². The number of carbonyl (C=O) groups excluding carboxylic acids is 1. The molecule has 2 aliphatic rings. The summed E-state index contributed by atoms with van der Waals surface area (Å²) >= 11 is 0.980. The summed E-state index contributed by atoms with van der Waals surface area (Å²) in [4.78, 5) is 38.8. The van der Waals surface area contributed by atoms with Crippen LogP contribution in [0, 0.1) is 30.2 Å². The van der Waals surface area contributed by atoms with Crippen molar-refractivity contribution in [2.24, 2.45) is 0 Å². The molecule has 2 aromatic carbocycles. The number of hydrogen-bond acceptors (Lipinski definition) is 7. The van der Waals surface area contributed by atoms with Gasteiger partial charge < -0.3 is 14.9 Å². The number of amides is 1. The molecular formula is C32H29F4N5O3S. The van der Waals surface area contributed by atoms with E-state index in [2.05, 4.69) is 16.5 Å². The van der Waals surface area contributed by atoms with E-state index < -0.39 is 63.4 Å². The van der Waals surface area contributed by atoms with Crippen molar-refractivity contribution in [3.63, 3.8) is 0 Å². The maximum Gasteiger partial charge on any atom is 0.354 e. The van der Waals surface area contributed by atoms with E-state index in [1.807, 2.05) is 20.8 Å². The number of rotatable bonds is 4. The fraction of sp³-hybridized carbons (Fsp3) is 0.312. The highest BCUT2D eigenvalue weighted by Gasteiger charge is 2.41. The lowest BCUT2D eigenvalue weighted by atomic mass is 9.98. The smallest absolute Gasteiger partial charge is 0.354 e. The maximum absolute atomic E-state index is 17.1. The van der Waals surface area contributed by atoms with Crippen LogP contribution in [-0.2, 0) is 4.79 Å². The zero-order valence-corrected chi connectivity index (χ0v) is 25.7. The Balaban J connectivity index is 1.79. The Morgan fingerprint density at radius 3 is 2.53 bits per heavy atom. The molecule has 4 aromatic rings. The predicted molar refractivity (Wildman–Crippen MR) is 164 cm³/mol. The van der Waals surface area contributed by atoms with Gasteiger partial charge in [-0.3, -0.25) is 14.3 Å². The first kappa shape index (κ1) is 30.6. The standard InChI is InChI=1S/C32H29F4N5O3S/c1-6-20(43)39-11-16(5)40-17(12-39)13-45-30-23-29(25(35)22(26(30)36)21-19(42)8-7-18(33)24(21)34)41(32(44)38-31(23)40)28-15(4)9-10-37-27(28)14(2)3/h6-10,14,16-17,42H,1,11-13H2,2-5H3. The van der Waals surface area contributed by atoms with Crippen molar-refractivity contribution in [1.82, 2.24) is 19.4 Å². The van der Waals surface area contributed by atoms with E-state index >= 15 is 13.2 Å². The Labute approximate surface area is 260 Å². The normalized spacial score (nSPS) is 17.9. The Hall–Kier alpha value is -4.39. The molecule has 0 spiro atoms. The van der Waals surface area contributed by atoms with Gasteiger partial charge in [0.15, 0.2) is 17.5 Å². The summed E-state index contributed by atoms with van der Waals surface area (Å²) < 4.78 is 64.6. The van der Waals surface area contributed by atoms with Gasteiger partial charge in [-0.25, -0.2) is 22.4 Å². The van der Waals surface area contributed by atoms with Crippen LogP contribution >= 0.6 is 11.8 Å². The van der Waals surface area contributed by atoms with Gasteiger partial charge in [-0.1, -0.05) is 20.4 Å². The van der Waals surface area contributed by atoms with Gasteiger partial charge in [0.05, 0.1) is 44.3 Å². The van der Waals surface area contributed by atoms with Crippen LogP contribution in [0.25, 0.3) is 27.7 Å². The number of pyridine rings is 1. The van der Waals surface area contributed by atoms with Crippen molar-refractivity contribution in [3.8, 4) is 22.6 Å². The topological polar surface area (TPSA) is 91.6 Å². The zero-order chi connectivity index (χ0) is 32.5. The summed E-state index contributed by atoms with van der Waals surface area (Å²) in [6, 6.07) is 2.19. The number of benzene rings is 2. The molecule has 8 nitrogen and oxygen atoms in total. The minimum atomic E-state index is -1.65. The lowest BCUT2D eigenvalue weighted by Crippen LogP contribution is -2.60. The SMILES string of the molecule is C=CC(=O)N1CC(C)N2c3nc(=O)n(-c4c(C)ccnc4C(C)C)c4c(F)c(-c5c(O)ccc(F)c5F)c(F)c(c34)SCC2C1. The number of phenols is 1. The van der Waals surface area contributed by atoms with E-state index in [0.29, 0.717) is 17.3 Å². The Bertz CT molecular complexity index is 1980. The number of aromatic hydroxyl groups is 1. The van der Waals surface area contributed by atoms with Crippen LogP contribution in [0.5, 0.6) is 5.75 Å². The molecule has 0 saturated carbocycles. The summed E-state index contributed by atoms with van der Waals surface area (Å²) in [5.41, 5.74) is -2.14. The highest BCUT2D eigenvalue weighted by molar-refractivity contribution is 7.99. The predicted octanol–water partition coefficient (Wildman–Crippen LogP) is 5.84. The number of halogens is 4. The van der Waals surface area contributed by atoms with Gasteiger partial charge in [0.25, 0.3) is 0 Å². The molecule has 1 saturated heterocycles. The van der Waals surface area contributed by atoms with E-state index in [1.54, 1.807) is 29.0 Å². The molecule has 0 radical (unpaired) electrons. The van der Waals surface area contributed by atoms with E-state index in [0.717, 1.165) is 22.4 Å². The largest absolute Gasteiger partial charge is 0.507 e. The Morgan fingerprint density at radius 2 is 1.84 bits per heavy atom. The first-order chi connectivity index (χ1) is 21.4. The minimum absolute atomic E-state index is 0.00961. The lowest BCUT2D eigenvalue weighted by Gasteiger charge is -2.45. The number of thioether (sulfide) groups is 1. The van der Waals surface area contributed by atoms with Crippen molar-refractivity contribution in [1.29, 1.82) is 0 Å². The molecule has 6 rings (SSSR count). The first-order valence-electron chi connectivity index (χ1n) is 14.3. The van der Waals surface area contributed by atoms with E-state index in [4.69, 9.17) is 0 Å². The number of hydrogen-bond donors (Lipinski definition) is 1. The molecule has 45 heavy (non-hydrogen) atoms. The molecule has 4 heterocycles. The van der Waals surface area contributed by atoms with Crippen molar-refractivity contribution in [2.75, 3.05) is 23.7 Å². The Morgan fingerprint density at radius 1 is 1.11 bits per heavy atom. The molecule has 2 aromatic heterocycles. The van der Waals surface area contributed by atoms with Crippen molar-refractivity contribution in [2.45, 2.75) is 50.6 Å². The number of aromatic nitrogens is 3. The molecule has 1 amide bonds. The van der Waals surface area contributed by atoms with Gasteiger partial charge in [0.2, 0.25) is 5.91 Å². The molecule has 234 valence electrons. The molecule has 0 bridgehead atoms. The maximum atomic E-state index is 17.1. The zero-order valence-electron chi connectivity index (χ0n) is 24.9. The molecule has 2 aliphatic heterocycles. The van der Waals surface area contributed by atoms with Gasteiger partial charge >= 0.3 is 5.69 Å². The first-order valence-corrected chi connectivity index (χ1v) is 15.3. The molecule has 1 fully saturated rings. The molecular weight excluding hydrogens is 610 g/mol. The number of aryl methyl sites for hydroxylation is 1. The summed E-state index contributed by atoms with van der Waals surface area (Å²) in [7, 11) is 0. The van der Waals surface area contributed by atoms with Crippen LogP contribution in [0.1, 0.15) is 37.9 Å². The average Bonchev–Trinajstić information content (AvgIpc) is 3.16. The highest BCUT2D eigenvalue weighted by atomic mass is 32.2. The van der Waals surface area contributed by atoms with E-state index in [1.165, 1.54) is 6.08 Å². The van der Waals surface area contributed by atoms with Gasteiger partial charge in [-0.05, 0) is 49.6 Å². The third kappa shape index (κ3) is 4.66. The van der Waals surface area contributed by atoms with Crippen LogP contribution in [-0.4, -0.2) is 61.4 Å². The minimum Gasteiger partial charge on any atom is -0.507 e.